The van der Waals surface area contributed by atoms with Gasteiger partial charge in [0.2, 0.25) is 0 Å². The number of hydrogen-bond donors (Lipinski definition) is 1. The number of rotatable bonds is 0. The summed E-state index contributed by atoms with van der Waals surface area (Å²) in [4.78, 5) is 12.3. The lowest BCUT2D eigenvalue weighted by atomic mass is 9.86. The van der Waals surface area contributed by atoms with Crippen molar-refractivity contribution in [2.45, 2.75) is 25.5 Å². The van der Waals surface area contributed by atoms with E-state index < -0.39 is 5.60 Å². The van der Waals surface area contributed by atoms with Crippen LogP contribution >= 0.6 is 0 Å². The monoisotopic (exact) mass is 129 g/mol. The molecule has 1 N–H and O–H groups in total. The van der Waals surface area contributed by atoms with Crippen LogP contribution in [0.15, 0.2) is 0 Å². The van der Waals surface area contributed by atoms with Gasteiger partial charge in [0.05, 0.1) is 6.04 Å². The number of amides is 1. The van der Waals surface area contributed by atoms with E-state index in [0.29, 0.717) is 0 Å². The molecule has 0 unspecified atom stereocenters. The van der Waals surface area contributed by atoms with Crippen molar-refractivity contribution < 1.29 is 9.90 Å². The van der Waals surface area contributed by atoms with E-state index in [4.69, 9.17) is 0 Å². The van der Waals surface area contributed by atoms with Gasteiger partial charge in [-0.25, -0.2) is 0 Å². The third kappa shape index (κ3) is 0.580. The number of carbonyl (C=O) groups excluding carboxylic acids is 1. The molecule has 1 rings (SSSR count). The largest absolute Gasteiger partial charge is 0.378 e. The fourth-order valence-corrected chi connectivity index (χ4v) is 1.02. The molecule has 1 aliphatic heterocycles. The van der Waals surface area contributed by atoms with Crippen LogP contribution in [0.25, 0.3) is 0 Å². The highest BCUT2D eigenvalue weighted by Gasteiger charge is 2.51. The molecule has 1 fully saturated rings. The topological polar surface area (TPSA) is 40.5 Å². The SMILES string of the molecule is C[C@@H]1N(C)C(=O)[C@]1(C)O. The third-order valence-electron chi connectivity index (χ3n) is 2.15. The lowest BCUT2D eigenvalue weighted by Gasteiger charge is -2.47. The van der Waals surface area contributed by atoms with Gasteiger partial charge in [0.25, 0.3) is 5.91 Å². The summed E-state index contributed by atoms with van der Waals surface area (Å²) in [6.07, 6.45) is 0. The maximum atomic E-state index is 10.8. The van der Waals surface area contributed by atoms with Crippen molar-refractivity contribution in [2.75, 3.05) is 7.05 Å². The minimum Gasteiger partial charge on any atom is -0.378 e. The lowest BCUT2D eigenvalue weighted by Crippen LogP contribution is -2.69. The van der Waals surface area contributed by atoms with E-state index in [0.717, 1.165) is 0 Å². The van der Waals surface area contributed by atoms with Gasteiger partial charge in [0, 0.05) is 7.05 Å². The summed E-state index contributed by atoms with van der Waals surface area (Å²) in [6.45, 7) is 3.36. The molecule has 0 aliphatic carbocycles. The fraction of sp³-hybridized carbons (Fsp3) is 0.833. The molecule has 0 aromatic rings. The normalized spacial score (nSPS) is 42.9. The summed E-state index contributed by atoms with van der Waals surface area (Å²) >= 11 is 0. The van der Waals surface area contributed by atoms with Crippen molar-refractivity contribution in [3.8, 4) is 0 Å². The number of nitrogens with zero attached hydrogens (tertiary/aromatic N) is 1. The summed E-state index contributed by atoms with van der Waals surface area (Å²) in [6, 6.07) is -0.0370. The number of hydrogen-bond acceptors (Lipinski definition) is 2. The van der Waals surface area contributed by atoms with E-state index in [1.165, 1.54) is 4.90 Å². The van der Waals surface area contributed by atoms with Gasteiger partial charge < -0.3 is 10.0 Å². The first kappa shape index (κ1) is 6.55. The predicted molar refractivity (Wildman–Crippen MR) is 32.9 cm³/mol. The highest BCUT2D eigenvalue weighted by Crippen LogP contribution is 2.27. The van der Waals surface area contributed by atoms with Crippen LogP contribution in [0.4, 0.5) is 0 Å². The minimum atomic E-state index is -1.10. The maximum absolute atomic E-state index is 10.8. The van der Waals surface area contributed by atoms with E-state index in [-0.39, 0.29) is 11.9 Å². The van der Waals surface area contributed by atoms with Crippen LogP contribution in [0.3, 0.4) is 0 Å². The van der Waals surface area contributed by atoms with Crippen molar-refractivity contribution >= 4 is 5.91 Å². The molecule has 0 aromatic heterocycles. The first-order valence-electron chi connectivity index (χ1n) is 2.97. The summed E-state index contributed by atoms with van der Waals surface area (Å²) in [5.41, 5.74) is -1.10. The van der Waals surface area contributed by atoms with E-state index in [1.54, 1.807) is 14.0 Å². The fourth-order valence-electron chi connectivity index (χ4n) is 1.02. The number of likely N-dealkylation sites (N-methyl/N-ethyl adjacent to an activating group) is 1. The van der Waals surface area contributed by atoms with Gasteiger partial charge in [-0.15, -0.1) is 0 Å². The second kappa shape index (κ2) is 1.48. The second-order valence-electron chi connectivity index (χ2n) is 2.74. The van der Waals surface area contributed by atoms with Crippen LogP contribution in [0.5, 0.6) is 0 Å². The van der Waals surface area contributed by atoms with E-state index >= 15 is 0 Å². The van der Waals surface area contributed by atoms with E-state index in [9.17, 15) is 9.90 Å². The average molecular weight is 129 g/mol. The molecule has 9 heavy (non-hydrogen) atoms. The summed E-state index contributed by atoms with van der Waals surface area (Å²) in [7, 11) is 1.69. The molecule has 1 heterocycles. The Balaban J connectivity index is 2.73. The highest BCUT2D eigenvalue weighted by molar-refractivity contribution is 5.91. The summed E-state index contributed by atoms with van der Waals surface area (Å²) in [5, 5.41) is 9.23. The first-order chi connectivity index (χ1) is 3.98. The molecular formula is C6H11NO2. The molecule has 52 valence electrons. The Morgan fingerprint density at radius 2 is 2.22 bits per heavy atom. The van der Waals surface area contributed by atoms with Gasteiger partial charge >= 0.3 is 0 Å². The molecule has 1 aliphatic rings. The Bertz CT molecular complexity index is 153. The van der Waals surface area contributed by atoms with Gasteiger partial charge in [-0.3, -0.25) is 4.79 Å². The highest BCUT2D eigenvalue weighted by atomic mass is 16.3. The standard InChI is InChI=1S/C6H11NO2/c1-4-6(2,9)5(8)7(4)3/h4,9H,1-3H3/t4-,6+/m0/s1. The van der Waals surface area contributed by atoms with Crippen LogP contribution < -0.4 is 0 Å². The first-order valence-corrected chi connectivity index (χ1v) is 2.97. The van der Waals surface area contributed by atoms with Crippen LogP contribution in [0.2, 0.25) is 0 Å². The van der Waals surface area contributed by atoms with E-state index in [1.807, 2.05) is 6.92 Å². The summed E-state index contributed by atoms with van der Waals surface area (Å²) in [5.74, 6) is -0.185. The number of aliphatic hydroxyl groups is 1. The van der Waals surface area contributed by atoms with Crippen LogP contribution in [-0.4, -0.2) is 34.6 Å². The number of likely N-dealkylation sites (tertiary alicyclic amines) is 1. The zero-order chi connectivity index (χ0) is 7.23. The minimum absolute atomic E-state index is 0.0370. The quantitative estimate of drug-likeness (QED) is 0.452. The Hall–Kier alpha value is -0.570. The predicted octanol–water partition coefficient (Wildman–Crippen LogP) is -0.402. The molecular weight excluding hydrogens is 118 g/mol. The molecule has 0 radical (unpaired) electrons. The van der Waals surface area contributed by atoms with Crippen molar-refractivity contribution in [3.05, 3.63) is 0 Å². The summed E-state index contributed by atoms with van der Waals surface area (Å²) < 4.78 is 0. The van der Waals surface area contributed by atoms with Gasteiger partial charge in [-0.1, -0.05) is 0 Å². The van der Waals surface area contributed by atoms with Crippen LogP contribution in [0.1, 0.15) is 13.8 Å². The van der Waals surface area contributed by atoms with Crippen LogP contribution in [-0.2, 0) is 4.79 Å². The molecule has 0 spiro atoms. The molecule has 1 amide bonds. The van der Waals surface area contributed by atoms with Crippen molar-refractivity contribution in [3.63, 3.8) is 0 Å². The Morgan fingerprint density at radius 3 is 2.33 bits per heavy atom. The maximum Gasteiger partial charge on any atom is 0.256 e. The van der Waals surface area contributed by atoms with Gasteiger partial charge in [0.1, 0.15) is 0 Å². The Morgan fingerprint density at radius 1 is 1.78 bits per heavy atom. The molecule has 0 bridgehead atoms. The molecule has 3 heteroatoms. The zero-order valence-electron chi connectivity index (χ0n) is 5.88. The van der Waals surface area contributed by atoms with Gasteiger partial charge in [0.15, 0.2) is 5.60 Å². The number of carbonyl (C=O) groups is 1. The third-order valence-corrected chi connectivity index (χ3v) is 2.15. The van der Waals surface area contributed by atoms with Crippen molar-refractivity contribution in [1.29, 1.82) is 0 Å². The lowest BCUT2D eigenvalue weighted by molar-refractivity contribution is -0.181. The second-order valence-corrected chi connectivity index (χ2v) is 2.74. The molecule has 2 atom stereocenters. The van der Waals surface area contributed by atoms with Crippen molar-refractivity contribution in [2.24, 2.45) is 0 Å². The Kier molecular flexibility index (Phi) is 1.07. The molecule has 3 nitrogen and oxygen atoms in total. The van der Waals surface area contributed by atoms with Crippen LogP contribution in [0, 0.1) is 0 Å². The van der Waals surface area contributed by atoms with E-state index in [2.05, 4.69) is 0 Å². The van der Waals surface area contributed by atoms with Gasteiger partial charge in [-0.05, 0) is 13.8 Å². The average Bonchev–Trinajstić information content (AvgIpc) is 1.84. The zero-order valence-corrected chi connectivity index (χ0v) is 5.88. The number of β-lactam (4-membered cyclic amide) rings is 1. The Labute approximate surface area is 54.3 Å². The smallest absolute Gasteiger partial charge is 0.256 e. The van der Waals surface area contributed by atoms with Gasteiger partial charge in [-0.2, -0.15) is 0 Å². The van der Waals surface area contributed by atoms with Crippen molar-refractivity contribution in [1.82, 2.24) is 4.90 Å². The molecule has 0 saturated carbocycles. The molecule has 1 saturated heterocycles. The molecule has 0 aromatic carbocycles.